The van der Waals surface area contributed by atoms with E-state index in [2.05, 4.69) is 25.3 Å². The van der Waals surface area contributed by atoms with Crippen molar-refractivity contribution in [3.63, 3.8) is 0 Å². The number of alkyl halides is 3. The summed E-state index contributed by atoms with van der Waals surface area (Å²) < 4.78 is 46.8. The smallest absolute Gasteiger partial charge is 0.497 e. The molecule has 0 aliphatic heterocycles. The number of fused-ring (bicyclic) bond motifs is 1. The quantitative estimate of drug-likeness (QED) is 0.212. The van der Waals surface area contributed by atoms with E-state index in [4.69, 9.17) is 9.72 Å². The number of aromatic nitrogens is 3. The number of hydrogen-bond donors (Lipinski definition) is 3. The fraction of sp³-hybridized carbons (Fsp3) is 0.107. The minimum atomic E-state index is -4.83. The Balaban J connectivity index is 1.40. The molecule has 2 aromatic heterocycles. The van der Waals surface area contributed by atoms with Crippen molar-refractivity contribution in [3.05, 3.63) is 90.1 Å². The van der Waals surface area contributed by atoms with E-state index in [1.54, 1.807) is 31.5 Å². The molecule has 5 rings (SSSR count). The Bertz CT molecular complexity index is 1650. The molecule has 0 radical (unpaired) electrons. The summed E-state index contributed by atoms with van der Waals surface area (Å²) in [5.41, 5.74) is 4.87. The highest BCUT2D eigenvalue weighted by Crippen LogP contribution is 2.30. The zero-order valence-electron chi connectivity index (χ0n) is 20.8. The van der Waals surface area contributed by atoms with Crippen LogP contribution in [0.4, 0.5) is 30.5 Å². The van der Waals surface area contributed by atoms with Crippen LogP contribution in [-0.2, 0) is 0 Å². The second-order valence-electron chi connectivity index (χ2n) is 8.55. The fourth-order valence-electron chi connectivity index (χ4n) is 3.95. The number of nitrogens with zero attached hydrogens (tertiary/aromatic N) is 2. The van der Waals surface area contributed by atoms with Gasteiger partial charge in [-0.25, -0.2) is 9.97 Å². The van der Waals surface area contributed by atoms with Crippen LogP contribution < -0.4 is 20.1 Å². The molecule has 3 N–H and O–H groups in total. The molecule has 198 valence electrons. The highest BCUT2D eigenvalue weighted by Gasteiger charge is 2.31. The maximum Gasteiger partial charge on any atom is 0.573 e. The number of carbonyl (C=O) groups excluding carboxylic acids is 1. The summed E-state index contributed by atoms with van der Waals surface area (Å²) >= 11 is 0. The van der Waals surface area contributed by atoms with E-state index < -0.39 is 18.0 Å². The van der Waals surface area contributed by atoms with Gasteiger partial charge in [0.2, 0.25) is 5.95 Å². The number of carbonyl (C=O) groups is 1. The number of hydrogen-bond acceptors (Lipinski definition) is 6. The maximum atomic E-state index is 12.9. The molecule has 5 aromatic rings. The first-order chi connectivity index (χ1) is 18.7. The molecule has 0 unspecified atom stereocenters. The number of amides is 1. The van der Waals surface area contributed by atoms with Gasteiger partial charge in [0.15, 0.2) is 0 Å². The molecule has 8 nitrogen and oxygen atoms in total. The number of halogens is 3. The van der Waals surface area contributed by atoms with Gasteiger partial charge in [0, 0.05) is 34.8 Å². The van der Waals surface area contributed by atoms with E-state index in [0.29, 0.717) is 22.8 Å². The Labute approximate surface area is 220 Å². The average Bonchev–Trinajstić information content (AvgIpc) is 3.37. The van der Waals surface area contributed by atoms with Gasteiger partial charge in [0.1, 0.15) is 11.5 Å². The SMILES string of the molecule is COc1ccc(-c2nc(Nc3cc(C(=O)Nc4cccc(OC(F)(F)F)c4)ccc3C)nc3cc[nH]c23)cc1. The van der Waals surface area contributed by atoms with Crippen molar-refractivity contribution in [2.75, 3.05) is 17.7 Å². The molecule has 0 aliphatic carbocycles. The van der Waals surface area contributed by atoms with Crippen LogP contribution in [0.1, 0.15) is 15.9 Å². The van der Waals surface area contributed by atoms with Crippen LogP contribution in [-0.4, -0.2) is 34.3 Å². The normalized spacial score (nSPS) is 11.3. The zero-order valence-corrected chi connectivity index (χ0v) is 20.8. The fourth-order valence-corrected chi connectivity index (χ4v) is 3.95. The highest BCUT2D eigenvalue weighted by atomic mass is 19.4. The molecule has 11 heteroatoms. The van der Waals surface area contributed by atoms with Crippen LogP contribution in [0.3, 0.4) is 0 Å². The monoisotopic (exact) mass is 533 g/mol. The van der Waals surface area contributed by atoms with Crippen molar-refractivity contribution < 1.29 is 27.4 Å². The summed E-state index contributed by atoms with van der Waals surface area (Å²) in [4.78, 5) is 25.4. The second-order valence-corrected chi connectivity index (χ2v) is 8.55. The summed E-state index contributed by atoms with van der Waals surface area (Å²) in [6.07, 6.45) is -3.06. The second kappa shape index (κ2) is 10.4. The first kappa shape index (κ1) is 25.6. The van der Waals surface area contributed by atoms with Crippen molar-refractivity contribution >= 4 is 34.3 Å². The van der Waals surface area contributed by atoms with E-state index in [1.807, 2.05) is 37.3 Å². The number of aryl methyl sites for hydroxylation is 1. The van der Waals surface area contributed by atoms with E-state index in [1.165, 1.54) is 12.1 Å². The third-order valence-electron chi connectivity index (χ3n) is 5.84. The molecule has 0 spiro atoms. The van der Waals surface area contributed by atoms with Crippen LogP contribution in [0.15, 0.2) is 79.0 Å². The summed E-state index contributed by atoms with van der Waals surface area (Å²) in [5.74, 6) is 0.101. The number of benzene rings is 3. The molecule has 39 heavy (non-hydrogen) atoms. The van der Waals surface area contributed by atoms with Crippen LogP contribution in [0.5, 0.6) is 11.5 Å². The third kappa shape index (κ3) is 5.93. The lowest BCUT2D eigenvalue weighted by atomic mass is 10.1. The van der Waals surface area contributed by atoms with E-state index in [-0.39, 0.29) is 11.3 Å². The van der Waals surface area contributed by atoms with Crippen LogP contribution in [0.25, 0.3) is 22.3 Å². The van der Waals surface area contributed by atoms with Gasteiger partial charge in [-0.15, -0.1) is 13.2 Å². The Morgan fingerprint density at radius 2 is 1.74 bits per heavy atom. The number of anilines is 3. The molecule has 1 amide bonds. The molecule has 3 aromatic carbocycles. The van der Waals surface area contributed by atoms with Gasteiger partial charge in [0.25, 0.3) is 5.91 Å². The molecule has 2 heterocycles. The molecule has 0 aliphatic rings. The van der Waals surface area contributed by atoms with Gasteiger partial charge >= 0.3 is 6.36 Å². The predicted molar refractivity (Wildman–Crippen MR) is 141 cm³/mol. The van der Waals surface area contributed by atoms with Crippen LogP contribution >= 0.6 is 0 Å². The van der Waals surface area contributed by atoms with Gasteiger partial charge in [-0.1, -0.05) is 12.1 Å². The molecule has 0 fully saturated rings. The standard InChI is InChI=1S/C28H22F3N5O3/c1-16-6-7-18(26(37)33-19-4-3-5-21(15-19)39-28(29,30)31)14-23(16)35-27-34-22-12-13-32-25(22)24(36-27)17-8-10-20(38-2)11-9-17/h3-15,32H,1-2H3,(H,33,37)(H,34,35,36). The Kier molecular flexibility index (Phi) is 6.80. The van der Waals surface area contributed by atoms with Gasteiger partial charge < -0.3 is 25.1 Å². The van der Waals surface area contributed by atoms with Gasteiger partial charge in [0.05, 0.1) is 23.8 Å². The number of aromatic amines is 1. The number of nitrogens with one attached hydrogen (secondary N) is 3. The summed E-state index contributed by atoms with van der Waals surface area (Å²) in [6, 6.07) is 19.4. The van der Waals surface area contributed by atoms with Crippen molar-refractivity contribution in [2.24, 2.45) is 0 Å². The number of H-pyrrole nitrogens is 1. The molecule has 0 saturated heterocycles. The van der Waals surface area contributed by atoms with E-state index in [0.717, 1.165) is 34.5 Å². The predicted octanol–water partition coefficient (Wildman–Crippen LogP) is 6.84. The van der Waals surface area contributed by atoms with Gasteiger partial charge in [-0.3, -0.25) is 4.79 Å². The third-order valence-corrected chi connectivity index (χ3v) is 5.84. The van der Waals surface area contributed by atoms with Crippen LogP contribution in [0.2, 0.25) is 0 Å². The molecular formula is C28H22F3N5O3. The largest absolute Gasteiger partial charge is 0.573 e. The van der Waals surface area contributed by atoms with Crippen molar-refractivity contribution in [3.8, 4) is 22.8 Å². The lowest BCUT2D eigenvalue weighted by Gasteiger charge is -2.13. The Morgan fingerprint density at radius 3 is 2.49 bits per heavy atom. The average molecular weight is 534 g/mol. The number of methoxy groups -OCH3 is 1. The van der Waals surface area contributed by atoms with Crippen molar-refractivity contribution in [2.45, 2.75) is 13.3 Å². The summed E-state index contributed by atoms with van der Waals surface area (Å²) in [6.45, 7) is 1.86. The van der Waals surface area contributed by atoms with Crippen molar-refractivity contribution in [1.29, 1.82) is 0 Å². The lowest BCUT2D eigenvalue weighted by molar-refractivity contribution is -0.274. The van der Waals surface area contributed by atoms with Crippen LogP contribution in [0, 0.1) is 6.92 Å². The highest BCUT2D eigenvalue weighted by molar-refractivity contribution is 6.05. The summed E-state index contributed by atoms with van der Waals surface area (Å²) in [5, 5.41) is 5.79. The van der Waals surface area contributed by atoms with Gasteiger partial charge in [-0.05, 0) is 67.1 Å². The number of ether oxygens (including phenoxy) is 2. The zero-order chi connectivity index (χ0) is 27.6. The molecule has 0 bridgehead atoms. The summed E-state index contributed by atoms with van der Waals surface area (Å²) in [7, 11) is 1.60. The molecular weight excluding hydrogens is 511 g/mol. The lowest BCUT2D eigenvalue weighted by Crippen LogP contribution is -2.17. The molecule has 0 atom stereocenters. The Hall–Kier alpha value is -5.06. The van der Waals surface area contributed by atoms with E-state index >= 15 is 0 Å². The topological polar surface area (TPSA) is 101 Å². The van der Waals surface area contributed by atoms with Gasteiger partial charge in [-0.2, -0.15) is 0 Å². The first-order valence-corrected chi connectivity index (χ1v) is 11.7. The maximum absolute atomic E-state index is 12.9. The first-order valence-electron chi connectivity index (χ1n) is 11.7. The van der Waals surface area contributed by atoms with E-state index in [9.17, 15) is 18.0 Å². The number of rotatable bonds is 7. The van der Waals surface area contributed by atoms with Crippen molar-refractivity contribution in [1.82, 2.24) is 15.0 Å². The Morgan fingerprint density at radius 1 is 0.949 bits per heavy atom. The minimum absolute atomic E-state index is 0.155. The molecule has 0 saturated carbocycles. The minimum Gasteiger partial charge on any atom is -0.497 e.